The summed E-state index contributed by atoms with van der Waals surface area (Å²) in [4.78, 5) is 24.7. The van der Waals surface area contributed by atoms with Gasteiger partial charge in [-0.3, -0.25) is 4.79 Å². The molecule has 4 nitrogen and oxygen atoms in total. The Morgan fingerprint density at radius 1 is 1.38 bits per heavy atom. The number of thioether (sulfide) groups is 1. The number of carbonyl (C=O) groups is 2. The first-order valence-corrected chi connectivity index (χ1v) is 8.00. The lowest BCUT2D eigenvalue weighted by molar-refractivity contribution is -0.147. The highest BCUT2D eigenvalue weighted by atomic mass is 35.5. The largest absolute Gasteiger partial charge is 0.480 e. The van der Waals surface area contributed by atoms with Gasteiger partial charge in [-0.05, 0) is 30.7 Å². The van der Waals surface area contributed by atoms with E-state index in [0.717, 1.165) is 5.56 Å². The van der Waals surface area contributed by atoms with Crippen LogP contribution >= 0.6 is 35.0 Å². The molecule has 0 bridgehead atoms. The van der Waals surface area contributed by atoms with E-state index < -0.39 is 12.0 Å². The molecule has 1 aromatic carbocycles. The predicted octanol–water partition coefficient (Wildman–Crippen LogP) is 3.38. The number of hydrogen-bond acceptors (Lipinski definition) is 3. The molecule has 1 aliphatic rings. The zero-order valence-electron chi connectivity index (χ0n) is 11.1. The van der Waals surface area contributed by atoms with Crippen LogP contribution in [-0.4, -0.2) is 39.1 Å². The Hall–Kier alpha value is -1.17. The summed E-state index contributed by atoms with van der Waals surface area (Å²) in [5.41, 5.74) is 0.726. The number of carboxylic acids is 1. The molecule has 1 heterocycles. The Balaban J connectivity index is 2.14. The maximum absolute atomic E-state index is 12.2. The monoisotopic (exact) mass is 345 g/mol. The molecule has 1 N–H and O–H groups in total. The first kappa shape index (κ1) is 16.2. The van der Waals surface area contributed by atoms with Crippen LogP contribution in [0.15, 0.2) is 24.3 Å². The van der Waals surface area contributed by atoms with Crippen LogP contribution < -0.4 is 0 Å². The molecule has 0 saturated carbocycles. The third-order valence-electron chi connectivity index (χ3n) is 3.12. The van der Waals surface area contributed by atoms with E-state index in [4.69, 9.17) is 28.3 Å². The Labute approximate surface area is 136 Å². The maximum atomic E-state index is 12.2. The molecule has 1 saturated heterocycles. The number of aliphatic carboxylic acids is 1. The zero-order valence-corrected chi connectivity index (χ0v) is 13.5. The Morgan fingerprint density at radius 2 is 2.10 bits per heavy atom. The average Bonchev–Trinajstić information content (AvgIpc) is 2.82. The van der Waals surface area contributed by atoms with Crippen molar-refractivity contribution >= 4 is 52.9 Å². The number of halogens is 2. The smallest absolute Gasteiger partial charge is 0.327 e. The van der Waals surface area contributed by atoms with Gasteiger partial charge in [0.15, 0.2) is 0 Å². The fraction of sp³-hybridized carbons (Fsp3) is 0.286. The van der Waals surface area contributed by atoms with Gasteiger partial charge in [0.1, 0.15) is 6.04 Å². The molecule has 1 amide bonds. The molecule has 21 heavy (non-hydrogen) atoms. The van der Waals surface area contributed by atoms with Gasteiger partial charge < -0.3 is 10.0 Å². The van der Waals surface area contributed by atoms with Gasteiger partial charge in [0, 0.05) is 11.8 Å². The van der Waals surface area contributed by atoms with Gasteiger partial charge in [0.2, 0.25) is 5.91 Å². The lowest BCUT2D eigenvalue weighted by Crippen LogP contribution is -2.43. The van der Waals surface area contributed by atoms with E-state index >= 15 is 0 Å². The summed E-state index contributed by atoms with van der Waals surface area (Å²) in [6.45, 7) is 1.82. The average molecular weight is 346 g/mol. The molecule has 2 rings (SSSR count). The lowest BCUT2D eigenvalue weighted by Gasteiger charge is -2.23. The Kier molecular flexibility index (Phi) is 5.19. The van der Waals surface area contributed by atoms with Crippen LogP contribution in [0.25, 0.3) is 6.08 Å². The summed E-state index contributed by atoms with van der Waals surface area (Å²) >= 11 is 13.2. The maximum Gasteiger partial charge on any atom is 0.327 e. The van der Waals surface area contributed by atoms with E-state index in [9.17, 15) is 9.59 Å². The highest BCUT2D eigenvalue weighted by molar-refractivity contribution is 8.00. The molecule has 112 valence electrons. The zero-order chi connectivity index (χ0) is 15.6. The molecule has 1 aromatic rings. The number of nitrogens with zero attached hydrogens (tertiary/aromatic N) is 1. The summed E-state index contributed by atoms with van der Waals surface area (Å²) < 4.78 is 0. The minimum Gasteiger partial charge on any atom is -0.480 e. The minimum absolute atomic E-state index is 0.156. The molecule has 2 atom stereocenters. The van der Waals surface area contributed by atoms with Crippen LogP contribution in [0, 0.1) is 0 Å². The molecule has 0 aromatic heterocycles. The van der Waals surface area contributed by atoms with E-state index in [1.54, 1.807) is 24.3 Å². The number of carboxylic acid groups (broad SMARTS) is 1. The third kappa shape index (κ3) is 3.73. The molecule has 1 fully saturated rings. The predicted molar refractivity (Wildman–Crippen MR) is 85.7 cm³/mol. The van der Waals surface area contributed by atoms with Gasteiger partial charge in [0.25, 0.3) is 0 Å². The van der Waals surface area contributed by atoms with Crippen molar-refractivity contribution in [2.75, 3.05) is 5.75 Å². The third-order valence-corrected chi connectivity index (χ3v) is 5.08. The van der Waals surface area contributed by atoms with E-state index in [1.807, 2.05) is 6.92 Å². The van der Waals surface area contributed by atoms with Crippen molar-refractivity contribution in [2.24, 2.45) is 0 Å². The normalized spacial score (nSPS) is 22.0. The SMILES string of the molecule is CC1SCC(C(=O)O)N1C(=O)C=Cc1ccc(Cl)c(Cl)c1. The molecular formula is C14H13Cl2NO3S. The van der Waals surface area contributed by atoms with Crippen molar-refractivity contribution in [2.45, 2.75) is 18.3 Å². The quantitative estimate of drug-likeness (QED) is 0.853. The first-order chi connectivity index (χ1) is 9.90. The van der Waals surface area contributed by atoms with E-state index in [-0.39, 0.29) is 11.3 Å². The number of hydrogen-bond donors (Lipinski definition) is 1. The van der Waals surface area contributed by atoms with Gasteiger partial charge in [-0.2, -0.15) is 0 Å². The number of rotatable bonds is 3. The minimum atomic E-state index is -0.983. The lowest BCUT2D eigenvalue weighted by atomic mass is 10.2. The second kappa shape index (κ2) is 6.73. The van der Waals surface area contributed by atoms with Crippen LogP contribution in [-0.2, 0) is 9.59 Å². The summed E-state index contributed by atoms with van der Waals surface area (Å²) in [5, 5.41) is 9.83. The van der Waals surface area contributed by atoms with Crippen molar-refractivity contribution < 1.29 is 14.7 Å². The number of amides is 1. The topological polar surface area (TPSA) is 57.6 Å². The summed E-state index contributed by atoms with van der Waals surface area (Å²) in [6, 6.07) is 4.23. The van der Waals surface area contributed by atoms with E-state index in [2.05, 4.69) is 0 Å². The molecule has 1 aliphatic heterocycles. The molecule has 2 unspecified atom stereocenters. The van der Waals surface area contributed by atoms with Crippen LogP contribution in [0.5, 0.6) is 0 Å². The van der Waals surface area contributed by atoms with E-state index in [1.165, 1.54) is 22.7 Å². The van der Waals surface area contributed by atoms with Crippen LogP contribution in [0.3, 0.4) is 0 Å². The number of benzene rings is 1. The van der Waals surface area contributed by atoms with Gasteiger partial charge in [-0.15, -0.1) is 11.8 Å². The van der Waals surface area contributed by atoms with Crippen molar-refractivity contribution in [3.63, 3.8) is 0 Å². The summed E-state index contributed by atoms with van der Waals surface area (Å²) in [5.74, 6) is -0.905. The highest BCUT2D eigenvalue weighted by Crippen LogP contribution is 2.29. The number of carbonyl (C=O) groups excluding carboxylic acids is 1. The van der Waals surface area contributed by atoms with Gasteiger partial charge in [-0.25, -0.2) is 4.79 Å². The van der Waals surface area contributed by atoms with Crippen molar-refractivity contribution in [1.29, 1.82) is 0 Å². The molecule has 7 heteroatoms. The van der Waals surface area contributed by atoms with Crippen molar-refractivity contribution in [3.05, 3.63) is 39.9 Å². The second-order valence-corrected chi connectivity index (χ2v) is 6.70. The fourth-order valence-corrected chi connectivity index (χ4v) is 3.52. The molecule has 0 aliphatic carbocycles. The summed E-state index contributed by atoms with van der Waals surface area (Å²) in [6.07, 6.45) is 2.96. The van der Waals surface area contributed by atoms with Crippen LogP contribution in [0.2, 0.25) is 10.0 Å². The Morgan fingerprint density at radius 3 is 2.71 bits per heavy atom. The van der Waals surface area contributed by atoms with Crippen LogP contribution in [0.1, 0.15) is 12.5 Å². The first-order valence-electron chi connectivity index (χ1n) is 6.20. The highest BCUT2D eigenvalue weighted by Gasteiger charge is 2.38. The fourth-order valence-electron chi connectivity index (χ4n) is 2.04. The second-order valence-electron chi connectivity index (χ2n) is 4.54. The van der Waals surface area contributed by atoms with Crippen molar-refractivity contribution in [3.8, 4) is 0 Å². The van der Waals surface area contributed by atoms with Gasteiger partial charge >= 0.3 is 5.97 Å². The van der Waals surface area contributed by atoms with Gasteiger partial charge in [0.05, 0.1) is 15.4 Å². The van der Waals surface area contributed by atoms with Crippen LogP contribution in [0.4, 0.5) is 0 Å². The standard InChI is InChI=1S/C14H13Cl2NO3S/c1-8-17(12(7-21-8)14(19)20)13(18)5-3-9-2-4-10(15)11(16)6-9/h2-6,8,12H,7H2,1H3,(H,19,20). The molecule has 0 spiro atoms. The molecular weight excluding hydrogens is 333 g/mol. The van der Waals surface area contributed by atoms with Crippen molar-refractivity contribution in [1.82, 2.24) is 4.90 Å². The molecule has 0 radical (unpaired) electrons. The van der Waals surface area contributed by atoms with E-state index in [0.29, 0.717) is 15.8 Å². The summed E-state index contributed by atoms with van der Waals surface area (Å²) in [7, 11) is 0. The Bertz CT molecular complexity index is 606. The van der Waals surface area contributed by atoms with Gasteiger partial charge in [-0.1, -0.05) is 29.3 Å².